The van der Waals surface area contributed by atoms with E-state index in [9.17, 15) is 4.39 Å². The maximum absolute atomic E-state index is 12.6. The molecule has 3 heteroatoms. The van der Waals surface area contributed by atoms with E-state index in [0.717, 1.165) is 5.56 Å². The molecule has 1 nitrogen and oxygen atoms in total. The highest BCUT2D eigenvalue weighted by atomic mass is 35.5. The molecule has 0 heterocycles. The van der Waals surface area contributed by atoms with Gasteiger partial charge >= 0.3 is 0 Å². The summed E-state index contributed by atoms with van der Waals surface area (Å²) in [5.74, 6) is -0.207. The van der Waals surface area contributed by atoms with E-state index < -0.39 is 0 Å². The third kappa shape index (κ3) is 3.48. The van der Waals surface area contributed by atoms with E-state index in [4.69, 9.17) is 11.6 Å². The molecule has 0 bridgehead atoms. The molecule has 0 fully saturated rings. The van der Waals surface area contributed by atoms with Crippen LogP contribution < -0.4 is 5.32 Å². The van der Waals surface area contributed by atoms with Crippen LogP contribution in [0.4, 0.5) is 4.39 Å². The first-order chi connectivity index (χ1) is 6.74. The first-order valence-electron chi connectivity index (χ1n) is 4.48. The van der Waals surface area contributed by atoms with Crippen molar-refractivity contribution in [3.05, 3.63) is 47.3 Å². The van der Waals surface area contributed by atoms with Crippen molar-refractivity contribution in [2.45, 2.75) is 13.0 Å². The highest BCUT2D eigenvalue weighted by Crippen LogP contribution is 2.12. The number of rotatable bonds is 4. The molecule has 0 radical (unpaired) electrons. The normalized spacial score (nSPS) is 13.4. The Kier molecular flexibility index (Phi) is 4.63. The Balaban J connectivity index is 2.51. The zero-order valence-electron chi connectivity index (χ0n) is 8.00. The van der Waals surface area contributed by atoms with E-state index >= 15 is 0 Å². The lowest BCUT2D eigenvalue weighted by Crippen LogP contribution is -2.18. The Morgan fingerprint density at radius 1 is 1.43 bits per heavy atom. The standard InChI is InChI=1S/C11H13ClFN/c1-9(14-8-2-7-12)10-3-5-11(13)6-4-10/h2-7,9,14H,8H2,1H3/b7-2+/t9-/m1/s1. The molecular formula is C11H13ClFN. The van der Waals surface area contributed by atoms with Crippen LogP contribution in [0, 0.1) is 5.82 Å². The first kappa shape index (κ1) is 11.2. The Morgan fingerprint density at radius 2 is 2.07 bits per heavy atom. The summed E-state index contributed by atoms with van der Waals surface area (Å²) >= 11 is 5.38. The van der Waals surface area contributed by atoms with Gasteiger partial charge in [-0.15, -0.1) is 0 Å². The summed E-state index contributed by atoms with van der Waals surface area (Å²) in [6.07, 6.45) is 1.82. The van der Waals surface area contributed by atoms with Crippen LogP contribution in [0.3, 0.4) is 0 Å². The minimum absolute atomic E-state index is 0.198. The molecule has 0 aliphatic heterocycles. The van der Waals surface area contributed by atoms with Gasteiger partial charge in [-0.05, 0) is 24.6 Å². The maximum Gasteiger partial charge on any atom is 0.123 e. The van der Waals surface area contributed by atoms with Gasteiger partial charge < -0.3 is 5.32 Å². The van der Waals surface area contributed by atoms with Crippen molar-refractivity contribution in [2.75, 3.05) is 6.54 Å². The highest BCUT2D eigenvalue weighted by Gasteiger charge is 2.02. The topological polar surface area (TPSA) is 12.0 Å². The molecule has 0 aliphatic carbocycles. The maximum atomic E-state index is 12.6. The minimum atomic E-state index is -0.207. The molecule has 0 unspecified atom stereocenters. The van der Waals surface area contributed by atoms with Gasteiger partial charge in [-0.3, -0.25) is 0 Å². The summed E-state index contributed by atoms with van der Waals surface area (Å²) in [7, 11) is 0. The molecule has 0 aliphatic rings. The number of benzene rings is 1. The van der Waals surface area contributed by atoms with Crippen molar-refractivity contribution < 1.29 is 4.39 Å². The first-order valence-corrected chi connectivity index (χ1v) is 4.91. The Labute approximate surface area is 88.6 Å². The molecule has 0 spiro atoms. The van der Waals surface area contributed by atoms with Gasteiger partial charge in [0.2, 0.25) is 0 Å². The average Bonchev–Trinajstić information content (AvgIpc) is 2.19. The summed E-state index contributed by atoms with van der Waals surface area (Å²) in [4.78, 5) is 0. The zero-order chi connectivity index (χ0) is 10.4. The largest absolute Gasteiger partial charge is 0.307 e. The van der Waals surface area contributed by atoms with Gasteiger partial charge in [-0.25, -0.2) is 4.39 Å². The summed E-state index contributed by atoms with van der Waals surface area (Å²) < 4.78 is 12.6. The molecule has 1 aromatic carbocycles. The van der Waals surface area contributed by atoms with Gasteiger partial charge in [0.05, 0.1) is 0 Å². The molecule has 1 aromatic rings. The molecule has 0 aromatic heterocycles. The Hall–Kier alpha value is -0.860. The van der Waals surface area contributed by atoms with Crippen LogP contribution in [-0.2, 0) is 0 Å². The fourth-order valence-corrected chi connectivity index (χ4v) is 1.25. The van der Waals surface area contributed by atoms with Crippen LogP contribution in [0.5, 0.6) is 0 Å². The second-order valence-electron chi connectivity index (χ2n) is 3.04. The van der Waals surface area contributed by atoms with Gasteiger partial charge in [0.25, 0.3) is 0 Å². The van der Waals surface area contributed by atoms with E-state index in [2.05, 4.69) is 5.32 Å². The second kappa shape index (κ2) is 5.78. The second-order valence-corrected chi connectivity index (χ2v) is 3.30. The Morgan fingerprint density at radius 3 is 2.64 bits per heavy atom. The van der Waals surface area contributed by atoms with E-state index in [1.165, 1.54) is 17.7 Å². The van der Waals surface area contributed by atoms with Crippen LogP contribution in [-0.4, -0.2) is 6.54 Å². The third-order valence-electron chi connectivity index (χ3n) is 2.00. The van der Waals surface area contributed by atoms with E-state index in [1.807, 2.05) is 13.0 Å². The van der Waals surface area contributed by atoms with E-state index in [-0.39, 0.29) is 11.9 Å². The predicted octanol–water partition coefficient (Wildman–Crippen LogP) is 3.23. The van der Waals surface area contributed by atoms with Crippen LogP contribution in [0.15, 0.2) is 35.9 Å². The SMILES string of the molecule is C[C@@H](NC/C=C/Cl)c1ccc(F)cc1. The van der Waals surface area contributed by atoms with Crippen LogP contribution >= 0.6 is 11.6 Å². The quantitative estimate of drug-likeness (QED) is 0.810. The van der Waals surface area contributed by atoms with Crippen LogP contribution in [0.1, 0.15) is 18.5 Å². The minimum Gasteiger partial charge on any atom is -0.307 e. The molecule has 0 saturated heterocycles. The van der Waals surface area contributed by atoms with Gasteiger partial charge in [0, 0.05) is 18.1 Å². The van der Waals surface area contributed by atoms with Crippen molar-refractivity contribution in [1.29, 1.82) is 0 Å². The average molecular weight is 214 g/mol. The smallest absolute Gasteiger partial charge is 0.123 e. The number of halogens is 2. The molecular weight excluding hydrogens is 201 g/mol. The summed E-state index contributed by atoms with van der Waals surface area (Å²) in [6.45, 7) is 2.73. The van der Waals surface area contributed by atoms with Crippen molar-refractivity contribution in [1.82, 2.24) is 5.32 Å². The van der Waals surface area contributed by atoms with Gasteiger partial charge in [-0.1, -0.05) is 29.8 Å². The molecule has 14 heavy (non-hydrogen) atoms. The summed E-state index contributed by atoms with van der Waals surface area (Å²) in [5.41, 5.74) is 2.54. The van der Waals surface area contributed by atoms with Crippen LogP contribution in [0.25, 0.3) is 0 Å². The Bertz CT molecular complexity index is 295. The fraction of sp³-hybridized carbons (Fsp3) is 0.273. The molecule has 76 valence electrons. The van der Waals surface area contributed by atoms with Gasteiger partial charge in [0.15, 0.2) is 0 Å². The van der Waals surface area contributed by atoms with Crippen molar-refractivity contribution in [2.24, 2.45) is 0 Å². The predicted molar refractivity (Wildman–Crippen MR) is 57.8 cm³/mol. The molecule has 1 atom stereocenters. The van der Waals surface area contributed by atoms with Gasteiger partial charge in [-0.2, -0.15) is 0 Å². The number of nitrogens with one attached hydrogen (secondary N) is 1. The third-order valence-corrected chi connectivity index (χ3v) is 2.18. The fourth-order valence-electron chi connectivity index (χ4n) is 1.16. The molecule has 0 amide bonds. The van der Waals surface area contributed by atoms with Crippen molar-refractivity contribution >= 4 is 11.6 Å². The summed E-state index contributed by atoms with van der Waals surface area (Å²) in [5, 5.41) is 3.23. The molecule has 0 saturated carbocycles. The monoisotopic (exact) mass is 213 g/mol. The van der Waals surface area contributed by atoms with Crippen molar-refractivity contribution in [3.8, 4) is 0 Å². The molecule has 1 N–H and O–H groups in total. The lowest BCUT2D eigenvalue weighted by Gasteiger charge is -2.12. The number of hydrogen-bond acceptors (Lipinski definition) is 1. The highest BCUT2D eigenvalue weighted by molar-refractivity contribution is 6.25. The van der Waals surface area contributed by atoms with Gasteiger partial charge in [0.1, 0.15) is 5.82 Å². The van der Waals surface area contributed by atoms with Crippen LogP contribution in [0.2, 0.25) is 0 Å². The zero-order valence-corrected chi connectivity index (χ0v) is 8.76. The van der Waals surface area contributed by atoms with E-state index in [0.29, 0.717) is 6.54 Å². The summed E-state index contributed by atoms with van der Waals surface area (Å²) in [6, 6.07) is 6.67. The lowest BCUT2D eigenvalue weighted by molar-refractivity contribution is 0.605. The van der Waals surface area contributed by atoms with Crippen molar-refractivity contribution in [3.63, 3.8) is 0 Å². The van der Waals surface area contributed by atoms with E-state index in [1.54, 1.807) is 12.1 Å². The number of hydrogen-bond donors (Lipinski definition) is 1. The molecule has 1 rings (SSSR count). The lowest BCUT2D eigenvalue weighted by atomic mass is 10.1.